The Morgan fingerprint density at radius 2 is 1.76 bits per heavy atom. The Kier molecular flexibility index (Phi) is 6.00. The lowest BCUT2D eigenvalue weighted by molar-refractivity contribution is -0.916. The van der Waals surface area contributed by atoms with E-state index in [1.165, 1.54) is 37.7 Å². The lowest BCUT2D eigenvalue weighted by Crippen LogP contribution is -3.16. The Labute approximate surface area is 134 Å². The summed E-state index contributed by atoms with van der Waals surface area (Å²) in [6.07, 6.45) is 6.66. The minimum absolute atomic E-state index is 0.344. The molecule has 2 rings (SSSR count). The summed E-state index contributed by atoms with van der Waals surface area (Å²) in [6, 6.07) is 10.4. The van der Waals surface area contributed by atoms with Gasteiger partial charge in [-0.3, -0.25) is 0 Å². The summed E-state index contributed by atoms with van der Waals surface area (Å²) < 4.78 is 0. The number of hydrogen-bond acceptors (Lipinski definition) is 1. The molecule has 21 heavy (non-hydrogen) atoms. The summed E-state index contributed by atoms with van der Waals surface area (Å²) >= 11 is 5.43. The van der Waals surface area contributed by atoms with Gasteiger partial charge in [0.1, 0.15) is 5.54 Å². The van der Waals surface area contributed by atoms with Crippen LogP contribution in [0.1, 0.15) is 37.7 Å². The van der Waals surface area contributed by atoms with Gasteiger partial charge in [-0.1, -0.05) is 36.8 Å². The van der Waals surface area contributed by atoms with Gasteiger partial charge in [0.05, 0.1) is 20.6 Å². The zero-order chi connectivity index (χ0) is 15.1. The first-order valence-electron chi connectivity index (χ1n) is 7.99. The monoisotopic (exact) mass is 306 g/mol. The van der Waals surface area contributed by atoms with Crippen molar-refractivity contribution in [1.29, 1.82) is 0 Å². The summed E-state index contributed by atoms with van der Waals surface area (Å²) in [7, 11) is 4.54. The number of quaternary nitrogens is 1. The van der Waals surface area contributed by atoms with E-state index < -0.39 is 0 Å². The van der Waals surface area contributed by atoms with E-state index in [4.69, 9.17) is 12.2 Å². The molecule has 1 aliphatic carbocycles. The van der Waals surface area contributed by atoms with Crippen LogP contribution in [0.15, 0.2) is 30.3 Å². The number of thiocarbonyl (C=S) groups is 1. The molecule has 0 radical (unpaired) electrons. The highest BCUT2D eigenvalue weighted by Gasteiger charge is 2.37. The minimum Gasteiger partial charge on any atom is -0.359 e. The van der Waals surface area contributed by atoms with Gasteiger partial charge in [-0.2, -0.15) is 0 Å². The molecule has 116 valence electrons. The molecule has 0 spiro atoms. The SMILES string of the molecule is C[NH+](C)C1(CNC(=S)NCc2ccccc2)CCCCC1. The molecular weight excluding hydrogens is 278 g/mol. The predicted molar refractivity (Wildman–Crippen MR) is 92.5 cm³/mol. The second kappa shape index (κ2) is 7.76. The maximum absolute atomic E-state index is 5.43. The van der Waals surface area contributed by atoms with E-state index in [-0.39, 0.29) is 0 Å². The molecule has 0 saturated heterocycles. The molecule has 0 heterocycles. The van der Waals surface area contributed by atoms with Crippen LogP contribution in [0.25, 0.3) is 0 Å². The van der Waals surface area contributed by atoms with E-state index in [9.17, 15) is 0 Å². The quantitative estimate of drug-likeness (QED) is 0.720. The Morgan fingerprint density at radius 1 is 1.10 bits per heavy atom. The van der Waals surface area contributed by atoms with Crippen molar-refractivity contribution in [2.45, 2.75) is 44.2 Å². The molecule has 1 aromatic rings. The van der Waals surface area contributed by atoms with Gasteiger partial charge >= 0.3 is 0 Å². The summed E-state index contributed by atoms with van der Waals surface area (Å²) in [5.74, 6) is 0. The first-order valence-corrected chi connectivity index (χ1v) is 8.39. The van der Waals surface area contributed by atoms with Gasteiger partial charge in [-0.25, -0.2) is 0 Å². The fourth-order valence-electron chi connectivity index (χ4n) is 3.17. The van der Waals surface area contributed by atoms with Crippen LogP contribution >= 0.6 is 12.2 Å². The zero-order valence-corrected chi connectivity index (χ0v) is 14.1. The number of likely N-dealkylation sites (N-methyl/N-ethyl adjacent to an activating group) is 1. The molecule has 0 bridgehead atoms. The lowest BCUT2D eigenvalue weighted by atomic mass is 9.80. The largest absolute Gasteiger partial charge is 0.359 e. The van der Waals surface area contributed by atoms with Crippen LogP contribution in [0.5, 0.6) is 0 Å². The van der Waals surface area contributed by atoms with Gasteiger partial charge in [0.15, 0.2) is 5.11 Å². The van der Waals surface area contributed by atoms with Crippen molar-refractivity contribution >= 4 is 17.3 Å². The van der Waals surface area contributed by atoms with Crippen LogP contribution in [0, 0.1) is 0 Å². The third kappa shape index (κ3) is 4.68. The van der Waals surface area contributed by atoms with Gasteiger partial charge in [0, 0.05) is 19.4 Å². The van der Waals surface area contributed by atoms with Crippen molar-refractivity contribution in [3.8, 4) is 0 Å². The molecule has 0 aliphatic heterocycles. The fourth-order valence-corrected chi connectivity index (χ4v) is 3.32. The van der Waals surface area contributed by atoms with E-state index in [2.05, 4.69) is 49.0 Å². The van der Waals surface area contributed by atoms with Crippen molar-refractivity contribution in [2.24, 2.45) is 0 Å². The molecule has 0 aromatic heterocycles. The predicted octanol–water partition coefficient (Wildman–Crippen LogP) is 1.50. The molecular formula is C17H28N3S+. The van der Waals surface area contributed by atoms with E-state index in [0.29, 0.717) is 5.54 Å². The fraction of sp³-hybridized carbons (Fsp3) is 0.588. The standard InChI is InChI=1S/C17H27N3S/c1-20(2)17(11-7-4-8-12-17)14-19-16(21)18-13-15-9-5-3-6-10-15/h3,5-6,9-10H,4,7-8,11-14H2,1-2H3,(H2,18,19,21)/p+1. The molecule has 0 atom stereocenters. The highest BCUT2D eigenvalue weighted by Crippen LogP contribution is 2.24. The van der Waals surface area contributed by atoms with E-state index in [0.717, 1.165) is 18.2 Å². The summed E-state index contributed by atoms with van der Waals surface area (Å²) in [4.78, 5) is 1.54. The third-order valence-electron chi connectivity index (χ3n) is 4.75. The maximum Gasteiger partial charge on any atom is 0.166 e. The molecule has 0 amide bonds. The van der Waals surface area contributed by atoms with Crippen LogP contribution in [-0.2, 0) is 6.54 Å². The molecule has 1 aliphatic rings. The lowest BCUT2D eigenvalue weighted by Gasteiger charge is -2.40. The smallest absolute Gasteiger partial charge is 0.166 e. The Hall–Kier alpha value is -1.13. The van der Waals surface area contributed by atoms with Gasteiger partial charge in [-0.15, -0.1) is 0 Å². The second-order valence-corrected chi connectivity index (χ2v) is 6.77. The minimum atomic E-state index is 0.344. The zero-order valence-electron chi connectivity index (χ0n) is 13.2. The average molecular weight is 306 g/mol. The van der Waals surface area contributed by atoms with Gasteiger partial charge in [0.2, 0.25) is 0 Å². The van der Waals surface area contributed by atoms with Crippen LogP contribution < -0.4 is 15.5 Å². The third-order valence-corrected chi connectivity index (χ3v) is 5.04. The Morgan fingerprint density at radius 3 is 2.38 bits per heavy atom. The van der Waals surface area contributed by atoms with E-state index in [1.54, 1.807) is 4.90 Å². The number of benzene rings is 1. The first kappa shape index (κ1) is 16.2. The van der Waals surface area contributed by atoms with Crippen molar-refractivity contribution in [3.63, 3.8) is 0 Å². The van der Waals surface area contributed by atoms with Gasteiger partial charge in [-0.05, 0) is 30.6 Å². The number of rotatable bonds is 5. The average Bonchev–Trinajstić information content (AvgIpc) is 2.52. The van der Waals surface area contributed by atoms with Crippen LogP contribution in [-0.4, -0.2) is 31.3 Å². The molecule has 3 nitrogen and oxygen atoms in total. The molecule has 1 fully saturated rings. The van der Waals surface area contributed by atoms with Crippen molar-refractivity contribution in [2.75, 3.05) is 20.6 Å². The maximum atomic E-state index is 5.43. The molecule has 4 heteroatoms. The second-order valence-electron chi connectivity index (χ2n) is 6.36. The molecule has 0 unspecified atom stereocenters. The van der Waals surface area contributed by atoms with Crippen molar-refractivity contribution < 1.29 is 4.90 Å². The van der Waals surface area contributed by atoms with E-state index in [1.807, 2.05) is 6.07 Å². The normalized spacial score (nSPS) is 17.5. The van der Waals surface area contributed by atoms with Gasteiger partial charge in [0.25, 0.3) is 0 Å². The molecule has 1 saturated carbocycles. The topological polar surface area (TPSA) is 28.5 Å². The van der Waals surface area contributed by atoms with Crippen LogP contribution in [0.4, 0.5) is 0 Å². The summed E-state index contributed by atoms with van der Waals surface area (Å²) in [5, 5.41) is 7.52. The Balaban J connectivity index is 1.79. The summed E-state index contributed by atoms with van der Waals surface area (Å²) in [5.41, 5.74) is 1.60. The highest BCUT2D eigenvalue weighted by atomic mass is 32.1. The first-order chi connectivity index (χ1) is 10.1. The number of nitrogens with one attached hydrogen (secondary N) is 3. The van der Waals surface area contributed by atoms with E-state index >= 15 is 0 Å². The highest BCUT2D eigenvalue weighted by molar-refractivity contribution is 7.80. The van der Waals surface area contributed by atoms with Crippen molar-refractivity contribution in [1.82, 2.24) is 10.6 Å². The Bertz CT molecular complexity index is 439. The summed E-state index contributed by atoms with van der Waals surface area (Å²) in [6.45, 7) is 1.75. The van der Waals surface area contributed by atoms with Gasteiger partial charge < -0.3 is 15.5 Å². The van der Waals surface area contributed by atoms with Crippen LogP contribution in [0.2, 0.25) is 0 Å². The van der Waals surface area contributed by atoms with Crippen molar-refractivity contribution in [3.05, 3.63) is 35.9 Å². The molecule has 3 N–H and O–H groups in total. The molecule has 1 aromatic carbocycles. The number of hydrogen-bond donors (Lipinski definition) is 3. The van der Waals surface area contributed by atoms with Crippen LogP contribution in [0.3, 0.4) is 0 Å².